The van der Waals surface area contributed by atoms with E-state index in [1.807, 2.05) is 0 Å². The highest BCUT2D eigenvalue weighted by Crippen LogP contribution is 2.32. The number of carbonyl (C=O) groups excluding carboxylic acids is 2. The zero-order valence-corrected chi connectivity index (χ0v) is 17.5. The van der Waals surface area contributed by atoms with Crippen LogP contribution in [0.3, 0.4) is 0 Å². The van der Waals surface area contributed by atoms with E-state index in [2.05, 4.69) is 10.4 Å². The summed E-state index contributed by atoms with van der Waals surface area (Å²) in [5.41, 5.74) is 5.76. The Morgan fingerprint density at radius 2 is 1.85 bits per heavy atom. The summed E-state index contributed by atoms with van der Waals surface area (Å²) < 4.78 is 16.3. The number of benzene rings is 3. The van der Waals surface area contributed by atoms with E-state index in [4.69, 9.17) is 17.3 Å². The molecule has 0 atom stereocenters. The predicted octanol–water partition coefficient (Wildman–Crippen LogP) is 4.14. The molecule has 1 heterocycles. The van der Waals surface area contributed by atoms with E-state index in [0.29, 0.717) is 10.6 Å². The number of nitrogens with zero attached hydrogens (tertiary/aromatic N) is 3. The minimum absolute atomic E-state index is 0.0698. The van der Waals surface area contributed by atoms with E-state index in [1.165, 1.54) is 22.9 Å². The van der Waals surface area contributed by atoms with Crippen LogP contribution in [0.2, 0.25) is 5.02 Å². The molecule has 0 bridgehead atoms. The third-order valence-corrected chi connectivity index (χ3v) is 5.24. The normalized spacial score (nSPS) is 10.8. The van der Waals surface area contributed by atoms with Gasteiger partial charge in [0, 0.05) is 33.7 Å². The number of halogens is 2. The molecular formula is C22H15ClFN5O4. The first kappa shape index (κ1) is 21.9. The zero-order valence-electron chi connectivity index (χ0n) is 16.8. The summed E-state index contributed by atoms with van der Waals surface area (Å²) in [6, 6.07) is 15.0. The molecule has 33 heavy (non-hydrogen) atoms. The number of nitrogens with two attached hydrogens (primary N) is 1. The topological polar surface area (TPSA) is 133 Å². The minimum atomic E-state index is -0.904. The van der Waals surface area contributed by atoms with Gasteiger partial charge in [0.25, 0.3) is 11.6 Å². The third-order valence-electron chi connectivity index (χ3n) is 4.91. The van der Waals surface area contributed by atoms with Crippen LogP contribution in [0, 0.1) is 15.9 Å². The molecular weight excluding hydrogens is 453 g/mol. The van der Waals surface area contributed by atoms with Crippen LogP contribution < -0.4 is 11.1 Å². The SMILES string of the molecule is NC(=O)c1nn(CC(=O)Nc2cccc(-c3ccccc3Cl)c2F)c2ccc([N+](=O)[O-])cc12. The molecule has 2 amide bonds. The third kappa shape index (κ3) is 4.23. The maximum absolute atomic E-state index is 15.1. The molecule has 166 valence electrons. The quantitative estimate of drug-likeness (QED) is 0.324. The van der Waals surface area contributed by atoms with Crippen molar-refractivity contribution < 1.29 is 18.9 Å². The first-order valence-corrected chi connectivity index (χ1v) is 9.92. The number of rotatable bonds is 6. The number of amides is 2. The Balaban J connectivity index is 1.64. The number of nitrogens with one attached hydrogen (secondary N) is 1. The highest BCUT2D eigenvalue weighted by molar-refractivity contribution is 6.33. The summed E-state index contributed by atoms with van der Waals surface area (Å²) in [4.78, 5) is 34.8. The fraction of sp³-hybridized carbons (Fsp3) is 0.0455. The fourth-order valence-corrected chi connectivity index (χ4v) is 3.66. The smallest absolute Gasteiger partial charge is 0.270 e. The number of nitro groups is 1. The lowest BCUT2D eigenvalue weighted by Crippen LogP contribution is -2.21. The number of fused-ring (bicyclic) bond motifs is 1. The van der Waals surface area contributed by atoms with Crippen molar-refractivity contribution in [1.29, 1.82) is 0 Å². The van der Waals surface area contributed by atoms with E-state index in [-0.39, 0.29) is 33.5 Å². The molecule has 3 N–H and O–H groups in total. The second-order valence-corrected chi connectivity index (χ2v) is 7.43. The summed E-state index contributed by atoms with van der Waals surface area (Å²) >= 11 is 6.16. The number of hydrogen-bond donors (Lipinski definition) is 2. The van der Waals surface area contributed by atoms with Crippen LogP contribution in [0.15, 0.2) is 60.7 Å². The van der Waals surface area contributed by atoms with Gasteiger partial charge in [0.2, 0.25) is 5.91 Å². The largest absolute Gasteiger partial charge is 0.364 e. The molecule has 0 saturated heterocycles. The number of hydrogen-bond acceptors (Lipinski definition) is 5. The van der Waals surface area contributed by atoms with Gasteiger partial charge in [-0.3, -0.25) is 24.4 Å². The summed E-state index contributed by atoms with van der Waals surface area (Å²) in [5, 5.41) is 18.0. The van der Waals surface area contributed by atoms with Gasteiger partial charge >= 0.3 is 0 Å². The number of non-ortho nitro benzene ring substituents is 1. The Morgan fingerprint density at radius 3 is 2.55 bits per heavy atom. The second kappa shape index (κ2) is 8.67. The van der Waals surface area contributed by atoms with Crippen molar-refractivity contribution in [3.05, 3.63) is 87.3 Å². The summed E-state index contributed by atoms with van der Waals surface area (Å²) in [7, 11) is 0. The Hall–Kier alpha value is -4.31. The first-order valence-electron chi connectivity index (χ1n) is 9.54. The zero-order chi connectivity index (χ0) is 23.7. The Bertz CT molecular complexity index is 1440. The minimum Gasteiger partial charge on any atom is -0.364 e. The van der Waals surface area contributed by atoms with Gasteiger partial charge in [-0.15, -0.1) is 0 Å². The lowest BCUT2D eigenvalue weighted by atomic mass is 10.0. The highest BCUT2D eigenvalue weighted by Gasteiger charge is 2.20. The van der Waals surface area contributed by atoms with Gasteiger partial charge in [0.15, 0.2) is 11.5 Å². The van der Waals surface area contributed by atoms with Crippen molar-refractivity contribution in [1.82, 2.24) is 9.78 Å². The van der Waals surface area contributed by atoms with Gasteiger partial charge in [-0.05, 0) is 18.2 Å². The second-order valence-electron chi connectivity index (χ2n) is 7.02. The van der Waals surface area contributed by atoms with E-state index < -0.39 is 29.1 Å². The maximum Gasteiger partial charge on any atom is 0.270 e. The van der Waals surface area contributed by atoms with Gasteiger partial charge in [0.05, 0.1) is 16.1 Å². The van der Waals surface area contributed by atoms with Crippen LogP contribution in [0.25, 0.3) is 22.0 Å². The standard InChI is InChI=1S/C22H15ClFN5O4/c23-16-6-2-1-4-13(16)14-5-3-7-17(20(14)24)26-19(30)11-28-18-9-8-12(29(32)33)10-15(18)21(27-28)22(25)31/h1-10H,11H2,(H2,25,31)(H,26,30). The highest BCUT2D eigenvalue weighted by atomic mass is 35.5. The van der Waals surface area contributed by atoms with Crippen LogP contribution in [-0.2, 0) is 11.3 Å². The monoisotopic (exact) mass is 467 g/mol. The van der Waals surface area contributed by atoms with Crippen molar-refractivity contribution >= 4 is 45.7 Å². The molecule has 0 aliphatic carbocycles. The van der Waals surface area contributed by atoms with E-state index in [9.17, 15) is 19.7 Å². The molecule has 3 aromatic carbocycles. The lowest BCUT2D eigenvalue weighted by molar-refractivity contribution is -0.384. The average Bonchev–Trinajstić information content (AvgIpc) is 3.13. The van der Waals surface area contributed by atoms with E-state index >= 15 is 4.39 Å². The van der Waals surface area contributed by atoms with Crippen LogP contribution in [0.5, 0.6) is 0 Å². The van der Waals surface area contributed by atoms with Gasteiger partial charge < -0.3 is 11.1 Å². The van der Waals surface area contributed by atoms with Crippen molar-refractivity contribution in [2.75, 3.05) is 5.32 Å². The number of aromatic nitrogens is 2. The molecule has 9 nitrogen and oxygen atoms in total. The van der Waals surface area contributed by atoms with Crippen LogP contribution in [0.1, 0.15) is 10.5 Å². The number of carbonyl (C=O) groups is 2. The van der Waals surface area contributed by atoms with Crippen LogP contribution >= 0.6 is 11.6 Å². The summed E-state index contributed by atoms with van der Waals surface area (Å²) in [6.07, 6.45) is 0. The Labute approximate surface area is 190 Å². The maximum atomic E-state index is 15.1. The average molecular weight is 468 g/mol. The molecule has 0 aliphatic heterocycles. The predicted molar refractivity (Wildman–Crippen MR) is 120 cm³/mol. The van der Waals surface area contributed by atoms with Gasteiger partial charge in [-0.1, -0.05) is 41.9 Å². The molecule has 0 saturated carbocycles. The molecule has 4 rings (SSSR count). The van der Waals surface area contributed by atoms with Crippen molar-refractivity contribution in [2.24, 2.45) is 5.73 Å². The van der Waals surface area contributed by atoms with Crippen LogP contribution in [-0.4, -0.2) is 26.5 Å². The van der Waals surface area contributed by atoms with Gasteiger partial charge in [-0.2, -0.15) is 5.10 Å². The Morgan fingerprint density at radius 1 is 1.12 bits per heavy atom. The summed E-state index contributed by atoms with van der Waals surface area (Å²) in [6.45, 7) is -0.392. The molecule has 0 unspecified atom stereocenters. The molecule has 4 aromatic rings. The molecule has 1 aromatic heterocycles. The van der Waals surface area contributed by atoms with Crippen molar-refractivity contribution in [3.8, 4) is 11.1 Å². The van der Waals surface area contributed by atoms with Crippen LogP contribution in [0.4, 0.5) is 15.8 Å². The van der Waals surface area contributed by atoms with E-state index in [0.717, 1.165) is 6.07 Å². The molecule has 0 aliphatic rings. The number of anilines is 1. The number of primary amides is 1. The fourth-order valence-electron chi connectivity index (χ4n) is 3.43. The number of nitro benzene ring substituents is 1. The lowest BCUT2D eigenvalue weighted by Gasteiger charge is -2.11. The van der Waals surface area contributed by atoms with Crippen molar-refractivity contribution in [3.63, 3.8) is 0 Å². The van der Waals surface area contributed by atoms with Gasteiger partial charge in [0.1, 0.15) is 6.54 Å². The molecule has 0 fully saturated rings. The van der Waals surface area contributed by atoms with Crippen molar-refractivity contribution in [2.45, 2.75) is 6.54 Å². The van der Waals surface area contributed by atoms with E-state index in [1.54, 1.807) is 36.4 Å². The molecule has 0 spiro atoms. The molecule has 11 heteroatoms. The Kier molecular flexibility index (Phi) is 5.76. The van der Waals surface area contributed by atoms with Gasteiger partial charge in [-0.25, -0.2) is 4.39 Å². The summed E-state index contributed by atoms with van der Waals surface area (Å²) in [5.74, 6) is -2.21. The molecule has 0 radical (unpaired) electrons. The first-order chi connectivity index (χ1) is 15.8.